The van der Waals surface area contributed by atoms with Gasteiger partial charge in [-0.25, -0.2) is 8.42 Å². The number of hydrogen-bond acceptors (Lipinski definition) is 5. The zero-order valence-electron chi connectivity index (χ0n) is 14.6. The lowest BCUT2D eigenvalue weighted by Crippen LogP contribution is -2.57. The van der Waals surface area contributed by atoms with E-state index >= 15 is 0 Å². The number of nitrogens with zero attached hydrogens (tertiary/aromatic N) is 1. The first-order valence-corrected chi connectivity index (χ1v) is 11.2. The van der Waals surface area contributed by atoms with Gasteiger partial charge >= 0.3 is 0 Å². The molecule has 25 heavy (non-hydrogen) atoms. The molecule has 5 rings (SSSR count). The minimum absolute atomic E-state index is 0.0256. The molecule has 7 heteroatoms. The lowest BCUT2D eigenvalue weighted by molar-refractivity contribution is -0.189. The van der Waals surface area contributed by atoms with Crippen molar-refractivity contribution in [3.63, 3.8) is 0 Å². The summed E-state index contributed by atoms with van der Waals surface area (Å²) in [5.74, 6) is -0.106. The van der Waals surface area contributed by atoms with E-state index in [9.17, 15) is 13.2 Å². The normalized spacial score (nSPS) is 44.2. The maximum absolute atomic E-state index is 12.8. The molecule has 4 atom stereocenters. The Morgan fingerprint density at radius 1 is 1.28 bits per heavy atom. The van der Waals surface area contributed by atoms with Crippen LogP contribution in [0.1, 0.15) is 32.6 Å². The first-order valence-electron chi connectivity index (χ1n) is 9.37. The van der Waals surface area contributed by atoms with Crippen LogP contribution in [-0.4, -0.2) is 56.3 Å². The Kier molecular flexibility index (Phi) is 3.30. The van der Waals surface area contributed by atoms with E-state index in [2.05, 4.69) is 13.0 Å². The van der Waals surface area contributed by atoms with Crippen molar-refractivity contribution < 1.29 is 22.7 Å². The van der Waals surface area contributed by atoms with Crippen LogP contribution in [0.2, 0.25) is 0 Å². The van der Waals surface area contributed by atoms with Crippen LogP contribution >= 0.6 is 0 Å². The molecule has 5 aliphatic rings. The maximum atomic E-state index is 12.8. The van der Waals surface area contributed by atoms with Gasteiger partial charge in [0.1, 0.15) is 0 Å². The largest absolute Gasteiger partial charge is 0.347 e. The third-order valence-electron chi connectivity index (χ3n) is 7.15. The molecule has 0 aromatic heterocycles. The molecular weight excluding hydrogens is 342 g/mol. The molecule has 0 N–H and O–H groups in total. The summed E-state index contributed by atoms with van der Waals surface area (Å²) in [6.45, 7) is 3.52. The monoisotopic (exact) mass is 367 g/mol. The van der Waals surface area contributed by atoms with Gasteiger partial charge in [-0.15, -0.1) is 0 Å². The van der Waals surface area contributed by atoms with E-state index in [4.69, 9.17) is 9.47 Å². The van der Waals surface area contributed by atoms with Crippen molar-refractivity contribution in [3.05, 3.63) is 11.8 Å². The Balaban J connectivity index is 1.73. The van der Waals surface area contributed by atoms with Gasteiger partial charge in [-0.05, 0) is 24.7 Å². The van der Waals surface area contributed by atoms with Crippen molar-refractivity contribution in [2.24, 2.45) is 23.2 Å². The van der Waals surface area contributed by atoms with Crippen molar-refractivity contribution in [3.8, 4) is 0 Å². The van der Waals surface area contributed by atoms with Gasteiger partial charge in [0, 0.05) is 36.4 Å². The van der Waals surface area contributed by atoms with Gasteiger partial charge in [0.2, 0.25) is 5.91 Å². The smallest absolute Gasteiger partial charge is 0.226 e. The summed E-state index contributed by atoms with van der Waals surface area (Å²) in [5, 5.41) is 0. The van der Waals surface area contributed by atoms with Crippen LogP contribution < -0.4 is 0 Å². The van der Waals surface area contributed by atoms with Crippen molar-refractivity contribution in [1.29, 1.82) is 0 Å². The van der Waals surface area contributed by atoms with Crippen LogP contribution in [0.5, 0.6) is 0 Å². The number of hydrogen-bond donors (Lipinski definition) is 0. The second kappa shape index (κ2) is 5.08. The van der Waals surface area contributed by atoms with Crippen molar-refractivity contribution in [1.82, 2.24) is 4.90 Å². The van der Waals surface area contributed by atoms with Gasteiger partial charge in [-0.2, -0.15) is 0 Å². The van der Waals surface area contributed by atoms with E-state index in [-0.39, 0.29) is 35.3 Å². The molecule has 0 radical (unpaired) electrons. The fourth-order valence-corrected chi connectivity index (χ4v) is 7.96. The fraction of sp³-hybridized carbons (Fsp3) is 0.833. The first kappa shape index (κ1) is 16.3. The molecule has 3 heterocycles. The van der Waals surface area contributed by atoms with Gasteiger partial charge in [0.15, 0.2) is 15.6 Å². The molecule has 138 valence electrons. The van der Waals surface area contributed by atoms with Crippen molar-refractivity contribution in [2.75, 3.05) is 31.3 Å². The summed E-state index contributed by atoms with van der Waals surface area (Å²) in [5.41, 5.74) is 0.779. The van der Waals surface area contributed by atoms with Crippen molar-refractivity contribution >= 4 is 15.7 Å². The Morgan fingerprint density at radius 3 is 2.80 bits per heavy atom. The number of carbonyl (C=O) groups excluding carboxylic acids is 1. The highest BCUT2D eigenvalue weighted by Crippen LogP contribution is 2.67. The van der Waals surface area contributed by atoms with E-state index in [1.54, 1.807) is 4.90 Å². The second-order valence-electron chi connectivity index (χ2n) is 8.43. The molecule has 1 saturated carbocycles. The predicted octanol–water partition coefficient (Wildman–Crippen LogP) is 1.33. The van der Waals surface area contributed by atoms with Gasteiger partial charge in [0.25, 0.3) is 0 Å². The first-order chi connectivity index (χ1) is 11.9. The summed E-state index contributed by atoms with van der Waals surface area (Å²) in [7, 11) is -3.26. The quantitative estimate of drug-likeness (QED) is 0.646. The highest BCUT2D eigenvalue weighted by Gasteiger charge is 2.69. The number of sulfone groups is 1. The summed E-state index contributed by atoms with van der Waals surface area (Å²) in [6, 6.07) is 0. The minimum atomic E-state index is -3.26. The number of rotatable bonds is 0. The minimum Gasteiger partial charge on any atom is -0.347 e. The highest BCUT2D eigenvalue weighted by molar-refractivity contribution is 7.91. The predicted molar refractivity (Wildman–Crippen MR) is 90.1 cm³/mol. The molecule has 2 bridgehead atoms. The molecule has 0 unspecified atom stereocenters. The highest BCUT2D eigenvalue weighted by atomic mass is 32.2. The Hall–Kier alpha value is -0.920. The second-order valence-corrected chi connectivity index (χ2v) is 10.7. The number of fused-ring (bicyclic) bond motifs is 1. The Bertz CT molecular complexity index is 753. The Labute approximate surface area is 148 Å². The van der Waals surface area contributed by atoms with Crippen LogP contribution in [0.4, 0.5) is 0 Å². The molecule has 0 aromatic rings. The third-order valence-corrected chi connectivity index (χ3v) is 8.80. The van der Waals surface area contributed by atoms with Crippen LogP contribution in [0.15, 0.2) is 11.8 Å². The van der Waals surface area contributed by atoms with E-state index in [0.29, 0.717) is 31.5 Å². The van der Waals surface area contributed by atoms with Gasteiger partial charge in [-0.3, -0.25) is 4.79 Å². The third kappa shape index (κ3) is 2.09. The molecule has 0 aromatic carbocycles. The molecule has 2 spiro atoms. The number of amides is 1. The van der Waals surface area contributed by atoms with Gasteiger partial charge < -0.3 is 14.4 Å². The lowest BCUT2D eigenvalue weighted by Gasteiger charge is -2.53. The van der Waals surface area contributed by atoms with E-state index < -0.39 is 15.6 Å². The topological polar surface area (TPSA) is 72.9 Å². The standard InChI is InChI=1S/C18H25NO5S/c1-12-8-13-10-18(23-5-6-24-18)14-11-25(21,22)7-4-19-15(9-12)17(13,14)3-2-16(19)20/h9,12-14H,2-8,10-11H2,1H3/t12-,13+,14+,17+/m1/s1. The SMILES string of the molecule is C[C@H]1C=C2N3CCS(=O)(=O)C[C@@H]4C5(C[C@H](C1)[C@]24CCC3=O)OCCO5. The number of ether oxygens (including phenoxy) is 2. The number of allylic oxidation sites excluding steroid dienone is 2. The van der Waals surface area contributed by atoms with E-state index in [1.165, 1.54) is 0 Å². The molecule has 3 saturated heterocycles. The molecule has 2 aliphatic carbocycles. The zero-order valence-corrected chi connectivity index (χ0v) is 15.4. The number of piperidine rings is 1. The number of carbonyl (C=O) groups is 1. The van der Waals surface area contributed by atoms with Crippen LogP contribution in [0, 0.1) is 23.2 Å². The van der Waals surface area contributed by atoms with E-state index in [0.717, 1.165) is 25.0 Å². The molecule has 4 fully saturated rings. The summed E-state index contributed by atoms with van der Waals surface area (Å²) in [6.07, 6.45) is 5.20. The summed E-state index contributed by atoms with van der Waals surface area (Å²) in [4.78, 5) is 14.4. The average molecular weight is 367 g/mol. The van der Waals surface area contributed by atoms with E-state index in [1.807, 2.05) is 0 Å². The van der Waals surface area contributed by atoms with Crippen LogP contribution in [0.3, 0.4) is 0 Å². The molecule has 1 amide bonds. The van der Waals surface area contributed by atoms with Gasteiger partial charge in [0.05, 0.1) is 24.7 Å². The lowest BCUT2D eigenvalue weighted by atomic mass is 9.59. The van der Waals surface area contributed by atoms with Crippen LogP contribution in [0.25, 0.3) is 0 Å². The average Bonchev–Trinajstić information content (AvgIpc) is 3.09. The molecular formula is C18H25NO5S. The zero-order chi connectivity index (χ0) is 17.4. The van der Waals surface area contributed by atoms with Crippen molar-refractivity contribution in [2.45, 2.75) is 38.4 Å². The molecule has 3 aliphatic heterocycles. The summed E-state index contributed by atoms with van der Waals surface area (Å²) >= 11 is 0. The Morgan fingerprint density at radius 2 is 2.04 bits per heavy atom. The van der Waals surface area contributed by atoms with Crippen LogP contribution in [-0.2, 0) is 24.1 Å². The summed E-state index contributed by atoms with van der Waals surface area (Å²) < 4.78 is 37.7. The van der Waals surface area contributed by atoms with Gasteiger partial charge in [-0.1, -0.05) is 13.0 Å². The molecule has 6 nitrogen and oxygen atoms in total. The fourth-order valence-electron chi connectivity index (χ4n) is 6.28. The maximum Gasteiger partial charge on any atom is 0.226 e.